The minimum atomic E-state index is 0.631. The zero-order valence-electron chi connectivity index (χ0n) is 14.5. The Balaban J connectivity index is 1.71. The fourth-order valence-electron chi connectivity index (χ4n) is 2.79. The van der Waals surface area contributed by atoms with Crippen molar-refractivity contribution in [2.24, 2.45) is 0 Å². The second-order valence-electron chi connectivity index (χ2n) is 5.94. The lowest BCUT2D eigenvalue weighted by atomic mass is 10.1. The van der Waals surface area contributed by atoms with Crippen molar-refractivity contribution < 1.29 is 0 Å². The van der Waals surface area contributed by atoms with Crippen LogP contribution in [0.3, 0.4) is 0 Å². The number of aryl methyl sites for hydroxylation is 4. The van der Waals surface area contributed by atoms with Crippen LogP contribution in [0.2, 0.25) is 0 Å². The quantitative estimate of drug-likeness (QED) is 0.754. The first-order valence-corrected chi connectivity index (χ1v) is 8.06. The molecule has 0 unspecified atom stereocenters. The van der Waals surface area contributed by atoms with Gasteiger partial charge in [0.1, 0.15) is 0 Å². The molecule has 0 aliphatic carbocycles. The van der Waals surface area contributed by atoms with Crippen LogP contribution in [0.1, 0.15) is 28.3 Å². The largest absolute Gasteiger partial charge is 0.354 e. The first kappa shape index (κ1) is 16.1. The van der Waals surface area contributed by atoms with Gasteiger partial charge in [0.15, 0.2) is 0 Å². The molecular weight excluding hydrogens is 300 g/mol. The van der Waals surface area contributed by atoms with Gasteiger partial charge < -0.3 is 5.32 Å². The lowest BCUT2D eigenvalue weighted by Gasteiger charge is -2.08. The van der Waals surface area contributed by atoms with E-state index in [0.717, 1.165) is 47.0 Å². The molecule has 0 amide bonds. The minimum absolute atomic E-state index is 0.631. The smallest absolute Gasteiger partial charge is 0.223 e. The van der Waals surface area contributed by atoms with Crippen LogP contribution < -0.4 is 5.32 Å². The molecule has 0 saturated carbocycles. The average molecular weight is 322 g/mol. The molecule has 6 heteroatoms. The summed E-state index contributed by atoms with van der Waals surface area (Å²) in [5.41, 5.74) is 7.31. The maximum atomic E-state index is 4.61. The van der Waals surface area contributed by atoms with Crippen molar-refractivity contribution >= 4 is 5.95 Å². The number of hydrogen-bond acceptors (Lipinski definition) is 5. The van der Waals surface area contributed by atoms with Gasteiger partial charge in [-0.1, -0.05) is 0 Å². The molecule has 0 aromatic carbocycles. The summed E-state index contributed by atoms with van der Waals surface area (Å²) < 4.78 is 0. The van der Waals surface area contributed by atoms with Crippen LogP contribution in [0, 0.1) is 27.7 Å². The molecule has 6 nitrogen and oxygen atoms in total. The molecular formula is C18H22N6. The second kappa shape index (κ2) is 6.78. The Hall–Kier alpha value is -2.76. The van der Waals surface area contributed by atoms with E-state index in [1.165, 1.54) is 5.56 Å². The summed E-state index contributed by atoms with van der Waals surface area (Å²) >= 11 is 0. The van der Waals surface area contributed by atoms with Crippen molar-refractivity contribution in [3.8, 4) is 11.3 Å². The van der Waals surface area contributed by atoms with Gasteiger partial charge in [0.25, 0.3) is 0 Å². The summed E-state index contributed by atoms with van der Waals surface area (Å²) in [6.45, 7) is 8.81. The monoisotopic (exact) mass is 322 g/mol. The van der Waals surface area contributed by atoms with Crippen molar-refractivity contribution in [2.75, 3.05) is 11.9 Å². The third kappa shape index (κ3) is 3.42. The van der Waals surface area contributed by atoms with Crippen molar-refractivity contribution in [1.82, 2.24) is 25.1 Å². The summed E-state index contributed by atoms with van der Waals surface area (Å²) in [6, 6.07) is 5.97. The van der Waals surface area contributed by atoms with Crippen LogP contribution in [0.15, 0.2) is 24.4 Å². The van der Waals surface area contributed by atoms with E-state index in [2.05, 4.69) is 36.5 Å². The topological polar surface area (TPSA) is 79.4 Å². The Bertz CT molecular complexity index is 833. The summed E-state index contributed by atoms with van der Waals surface area (Å²) in [4.78, 5) is 13.4. The molecule has 3 aromatic heterocycles. The Morgan fingerprint density at radius 2 is 1.83 bits per heavy atom. The molecule has 0 bridgehead atoms. The van der Waals surface area contributed by atoms with E-state index in [0.29, 0.717) is 5.95 Å². The van der Waals surface area contributed by atoms with Gasteiger partial charge in [-0.05, 0) is 57.9 Å². The van der Waals surface area contributed by atoms with Crippen LogP contribution in [-0.2, 0) is 6.42 Å². The molecule has 0 radical (unpaired) electrons. The zero-order chi connectivity index (χ0) is 17.1. The first-order valence-electron chi connectivity index (χ1n) is 8.06. The van der Waals surface area contributed by atoms with Crippen LogP contribution >= 0.6 is 0 Å². The van der Waals surface area contributed by atoms with Crippen molar-refractivity contribution in [3.63, 3.8) is 0 Å². The van der Waals surface area contributed by atoms with Crippen molar-refractivity contribution in [1.29, 1.82) is 0 Å². The number of anilines is 1. The molecule has 0 spiro atoms. The Morgan fingerprint density at radius 3 is 2.54 bits per heavy atom. The Morgan fingerprint density at radius 1 is 1.00 bits per heavy atom. The van der Waals surface area contributed by atoms with Gasteiger partial charge >= 0.3 is 0 Å². The SMILES string of the molecule is Cc1ccc(-c2ccnc(NCCc3c(C)n[nH]c3C)n2)c(C)n1. The molecule has 2 N–H and O–H groups in total. The average Bonchev–Trinajstić information content (AvgIpc) is 2.87. The number of nitrogens with one attached hydrogen (secondary N) is 2. The number of aromatic nitrogens is 5. The molecule has 24 heavy (non-hydrogen) atoms. The van der Waals surface area contributed by atoms with Gasteiger partial charge in [-0.3, -0.25) is 10.1 Å². The summed E-state index contributed by atoms with van der Waals surface area (Å²) in [6.07, 6.45) is 2.66. The molecule has 0 saturated heterocycles. The van der Waals surface area contributed by atoms with Gasteiger partial charge in [0.05, 0.1) is 11.4 Å². The third-order valence-corrected chi connectivity index (χ3v) is 4.10. The van der Waals surface area contributed by atoms with Gasteiger partial charge in [0.2, 0.25) is 5.95 Å². The van der Waals surface area contributed by atoms with Crippen molar-refractivity contribution in [3.05, 3.63) is 52.7 Å². The van der Waals surface area contributed by atoms with Crippen LogP contribution in [0.25, 0.3) is 11.3 Å². The molecule has 124 valence electrons. The number of pyridine rings is 1. The number of rotatable bonds is 5. The highest BCUT2D eigenvalue weighted by atomic mass is 15.1. The fourth-order valence-corrected chi connectivity index (χ4v) is 2.79. The van der Waals surface area contributed by atoms with E-state index in [9.17, 15) is 0 Å². The number of nitrogens with zero attached hydrogens (tertiary/aromatic N) is 4. The summed E-state index contributed by atoms with van der Waals surface area (Å²) in [7, 11) is 0. The van der Waals surface area contributed by atoms with E-state index in [4.69, 9.17) is 0 Å². The lowest BCUT2D eigenvalue weighted by molar-refractivity contribution is 0.966. The maximum absolute atomic E-state index is 4.61. The number of hydrogen-bond donors (Lipinski definition) is 2. The van der Waals surface area contributed by atoms with E-state index in [-0.39, 0.29) is 0 Å². The first-order chi connectivity index (χ1) is 11.5. The van der Waals surface area contributed by atoms with E-state index in [1.54, 1.807) is 6.20 Å². The standard InChI is InChI=1S/C18H22N6/c1-11-5-6-16(12(2)21-11)17-8-10-20-18(22-17)19-9-7-15-13(3)23-24-14(15)4/h5-6,8,10H,7,9H2,1-4H3,(H,23,24)(H,19,20,22). The maximum Gasteiger partial charge on any atom is 0.223 e. The van der Waals surface area contributed by atoms with Crippen LogP contribution in [0.4, 0.5) is 5.95 Å². The van der Waals surface area contributed by atoms with E-state index >= 15 is 0 Å². The lowest BCUT2D eigenvalue weighted by Crippen LogP contribution is -2.09. The van der Waals surface area contributed by atoms with Crippen molar-refractivity contribution in [2.45, 2.75) is 34.1 Å². The van der Waals surface area contributed by atoms with E-state index < -0.39 is 0 Å². The number of H-pyrrole nitrogens is 1. The highest BCUT2D eigenvalue weighted by Gasteiger charge is 2.08. The number of aromatic amines is 1. The summed E-state index contributed by atoms with van der Waals surface area (Å²) in [5, 5.41) is 10.5. The van der Waals surface area contributed by atoms with Gasteiger partial charge in [0, 0.05) is 35.4 Å². The predicted molar refractivity (Wildman–Crippen MR) is 95.0 cm³/mol. The van der Waals surface area contributed by atoms with Crippen LogP contribution in [-0.4, -0.2) is 31.7 Å². The van der Waals surface area contributed by atoms with E-state index in [1.807, 2.05) is 39.8 Å². The highest BCUT2D eigenvalue weighted by Crippen LogP contribution is 2.21. The molecule has 3 heterocycles. The fraction of sp³-hybridized carbons (Fsp3) is 0.333. The zero-order valence-corrected chi connectivity index (χ0v) is 14.5. The van der Waals surface area contributed by atoms with Gasteiger partial charge in [-0.15, -0.1) is 0 Å². The molecule has 3 rings (SSSR count). The van der Waals surface area contributed by atoms with Gasteiger partial charge in [-0.25, -0.2) is 9.97 Å². The Labute approximate surface area is 141 Å². The molecule has 0 fully saturated rings. The molecule has 3 aromatic rings. The molecule has 0 aliphatic rings. The van der Waals surface area contributed by atoms with Crippen LogP contribution in [0.5, 0.6) is 0 Å². The summed E-state index contributed by atoms with van der Waals surface area (Å²) in [5.74, 6) is 0.631. The Kier molecular flexibility index (Phi) is 4.55. The second-order valence-corrected chi connectivity index (χ2v) is 5.94. The molecule has 0 aliphatic heterocycles. The third-order valence-electron chi connectivity index (χ3n) is 4.10. The normalized spacial score (nSPS) is 10.8. The highest BCUT2D eigenvalue weighted by molar-refractivity contribution is 5.62. The molecule has 0 atom stereocenters. The predicted octanol–water partition coefficient (Wildman–Crippen LogP) is 3.15. The minimum Gasteiger partial charge on any atom is -0.354 e. The van der Waals surface area contributed by atoms with Gasteiger partial charge in [-0.2, -0.15) is 5.10 Å².